The first-order valence-corrected chi connectivity index (χ1v) is 5.80. The van der Waals surface area contributed by atoms with Crippen LogP contribution in [0, 0.1) is 11.8 Å². The van der Waals surface area contributed by atoms with Crippen molar-refractivity contribution in [1.82, 2.24) is 10.2 Å². The number of carbonyl (C=O) groups excluding carboxylic acids is 2. The Balaban J connectivity index is 1.81. The molecule has 94 valence electrons. The molecule has 0 bridgehead atoms. The summed E-state index contributed by atoms with van der Waals surface area (Å²) in [4.78, 5) is 35.2. The first-order chi connectivity index (χ1) is 7.99. The Kier molecular flexibility index (Phi) is 3.04. The lowest BCUT2D eigenvalue weighted by Gasteiger charge is -2.42. The van der Waals surface area contributed by atoms with Crippen LogP contribution in [0.15, 0.2) is 0 Å². The van der Waals surface area contributed by atoms with Gasteiger partial charge in [0.05, 0.1) is 5.92 Å². The zero-order chi connectivity index (χ0) is 12.6. The van der Waals surface area contributed by atoms with Crippen LogP contribution in [0.25, 0.3) is 0 Å². The molecule has 2 fully saturated rings. The summed E-state index contributed by atoms with van der Waals surface area (Å²) < 4.78 is 0. The summed E-state index contributed by atoms with van der Waals surface area (Å²) in [5, 5.41) is 11.5. The van der Waals surface area contributed by atoms with Crippen molar-refractivity contribution >= 4 is 17.8 Å². The van der Waals surface area contributed by atoms with Gasteiger partial charge in [-0.2, -0.15) is 0 Å². The van der Waals surface area contributed by atoms with Crippen LogP contribution in [0.1, 0.15) is 19.8 Å². The Hall–Kier alpha value is -1.59. The molecule has 0 spiro atoms. The molecule has 1 unspecified atom stereocenters. The van der Waals surface area contributed by atoms with Crippen LogP contribution >= 0.6 is 0 Å². The maximum absolute atomic E-state index is 11.9. The van der Waals surface area contributed by atoms with Crippen molar-refractivity contribution in [2.75, 3.05) is 13.1 Å². The van der Waals surface area contributed by atoms with E-state index < -0.39 is 17.9 Å². The topological polar surface area (TPSA) is 86.7 Å². The molecule has 0 radical (unpaired) electrons. The number of hydrogen-bond acceptors (Lipinski definition) is 3. The molecule has 0 aromatic heterocycles. The summed E-state index contributed by atoms with van der Waals surface area (Å²) in [6.07, 6.45) is 0.951. The second-order valence-electron chi connectivity index (χ2n) is 4.79. The highest BCUT2D eigenvalue weighted by molar-refractivity contribution is 5.91. The fourth-order valence-corrected chi connectivity index (χ4v) is 2.23. The number of carboxylic acids is 1. The van der Waals surface area contributed by atoms with Gasteiger partial charge in [-0.1, -0.05) is 6.92 Å². The van der Waals surface area contributed by atoms with E-state index in [-0.39, 0.29) is 17.7 Å². The lowest BCUT2D eigenvalue weighted by Crippen LogP contribution is -2.57. The van der Waals surface area contributed by atoms with Crippen LogP contribution in [0.2, 0.25) is 0 Å². The largest absolute Gasteiger partial charge is 0.481 e. The SMILES string of the molecule is CC(C(=O)O)C1CN(C(=O)[C@@H]2CCC(=O)N2)C1. The number of nitrogens with zero attached hydrogens (tertiary/aromatic N) is 1. The molecule has 0 aliphatic carbocycles. The molecular weight excluding hydrogens is 224 g/mol. The first-order valence-electron chi connectivity index (χ1n) is 5.80. The molecule has 0 aromatic carbocycles. The molecule has 0 saturated carbocycles. The number of hydrogen-bond donors (Lipinski definition) is 2. The fourth-order valence-electron chi connectivity index (χ4n) is 2.23. The third-order valence-corrected chi connectivity index (χ3v) is 3.61. The molecule has 0 aromatic rings. The quantitative estimate of drug-likeness (QED) is 0.692. The maximum Gasteiger partial charge on any atom is 0.306 e. The Morgan fingerprint density at radius 1 is 1.47 bits per heavy atom. The Labute approximate surface area is 99.0 Å². The Morgan fingerprint density at radius 2 is 2.12 bits per heavy atom. The normalized spacial score (nSPS) is 26.3. The molecule has 2 atom stereocenters. The van der Waals surface area contributed by atoms with E-state index in [1.165, 1.54) is 0 Å². The van der Waals surface area contributed by atoms with E-state index >= 15 is 0 Å². The van der Waals surface area contributed by atoms with Crippen molar-refractivity contribution < 1.29 is 19.5 Å². The van der Waals surface area contributed by atoms with Crippen LogP contribution in [-0.4, -0.2) is 46.9 Å². The molecule has 6 heteroatoms. The van der Waals surface area contributed by atoms with E-state index in [9.17, 15) is 14.4 Å². The monoisotopic (exact) mass is 240 g/mol. The summed E-state index contributed by atoms with van der Waals surface area (Å²) in [5.74, 6) is -1.37. The smallest absolute Gasteiger partial charge is 0.306 e. The van der Waals surface area contributed by atoms with Crippen LogP contribution in [0.3, 0.4) is 0 Å². The van der Waals surface area contributed by atoms with Gasteiger partial charge in [0.2, 0.25) is 11.8 Å². The summed E-state index contributed by atoms with van der Waals surface area (Å²) in [6.45, 7) is 2.63. The Morgan fingerprint density at radius 3 is 2.59 bits per heavy atom. The average molecular weight is 240 g/mol. The van der Waals surface area contributed by atoms with Crippen molar-refractivity contribution in [1.29, 1.82) is 0 Å². The minimum atomic E-state index is -0.823. The second kappa shape index (κ2) is 4.35. The average Bonchev–Trinajstić information content (AvgIpc) is 2.62. The third kappa shape index (κ3) is 2.25. The fraction of sp³-hybridized carbons (Fsp3) is 0.727. The lowest BCUT2D eigenvalue weighted by molar-refractivity contribution is -0.151. The van der Waals surface area contributed by atoms with Gasteiger partial charge in [0, 0.05) is 25.4 Å². The number of amides is 2. The molecule has 2 aliphatic heterocycles. The highest BCUT2D eigenvalue weighted by Crippen LogP contribution is 2.25. The van der Waals surface area contributed by atoms with Gasteiger partial charge < -0.3 is 15.3 Å². The van der Waals surface area contributed by atoms with E-state index in [0.29, 0.717) is 25.9 Å². The summed E-state index contributed by atoms with van der Waals surface area (Å²) in [6, 6.07) is -0.399. The lowest BCUT2D eigenvalue weighted by atomic mass is 9.86. The molecule has 2 heterocycles. The predicted molar refractivity (Wildman–Crippen MR) is 58.0 cm³/mol. The van der Waals surface area contributed by atoms with Crippen LogP contribution in [-0.2, 0) is 14.4 Å². The van der Waals surface area contributed by atoms with Gasteiger partial charge in [-0.3, -0.25) is 14.4 Å². The number of nitrogens with one attached hydrogen (secondary N) is 1. The van der Waals surface area contributed by atoms with Crippen molar-refractivity contribution in [2.45, 2.75) is 25.8 Å². The van der Waals surface area contributed by atoms with Gasteiger partial charge >= 0.3 is 5.97 Å². The van der Waals surface area contributed by atoms with E-state index in [2.05, 4.69) is 5.32 Å². The van der Waals surface area contributed by atoms with Crippen molar-refractivity contribution in [2.24, 2.45) is 11.8 Å². The summed E-state index contributed by atoms with van der Waals surface area (Å²) >= 11 is 0. The van der Waals surface area contributed by atoms with Gasteiger partial charge in [0.25, 0.3) is 0 Å². The molecule has 2 amide bonds. The van der Waals surface area contributed by atoms with Gasteiger partial charge in [-0.05, 0) is 6.42 Å². The second-order valence-corrected chi connectivity index (χ2v) is 4.79. The van der Waals surface area contributed by atoms with E-state index in [1.807, 2.05) is 0 Å². The van der Waals surface area contributed by atoms with Crippen molar-refractivity contribution in [3.8, 4) is 0 Å². The molecule has 2 N–H and O–H groups in total. The number of rotatable bonds is 3. The van der Waals surface area contributed by atoms with E-state index in [1.54, 1.807) is 11.8 Å². The number of aliphatic carboxylic acids is 1. The van der Waals surface area contributed by atoms with Crippen LogP contribution < -0.4 is 5.32 Å². The number of carbonyl (C=O) groups is 3. The third-order valence-electron chi connectivity index (χ3n) is 3.61. The molecule has 2 saturated heterocycles. The molecular formula is C11H16N2O4. The molecule has 2 aliphatic rings. The Bertz CT molecular complexity index is 362. The predicted octanol–water partition coefficient (Wildman–Crippen LogP) is -0.556. The maximum atomic E-state index is 11.9. The number of carboxylic acid groups (broad SMARTS) is 1. The van der Waals surface area contributed by atoms with Crippen LogP contribution in [0.4, 0.5) is 0 Å². The zero-order valence-corrected chi connectivity index (χ0v) is 9.68. The van der Waals surface area contributed by atoms with Gasteiger partial charge in [-0.15, -0.1) is 0 Å². The van der Waals surface area contributed by atoms with Gasteiger partial charge in [0.15, 0.2) is 0 Å². The van der Waals surface area contributed by atoms with Gasteiger partial charge in [0.1, 0.15) is 6.04 Å². The molecule has 6 nitrogen and oxygen atoms in total. The summed E-state index contributed by atoms with van der Waals surface area (Å²) in [5.41, 5.74) is 0. The highest BCUT2D eigenvalue weighted by Gasteiger charge is 2.40. The molecule has 2 rings (SSSR count). The first kappa shape index (κ1) is 11.9. The number of likely N-dealkylation sites (tertiary alicyclic amines) is 1. The van der Waals surface area contributed by atoms with E-state index in [4.69, 9.17) is 5.11 Å². The summed E-state index contributed by atoms with van der Waals surface area (Å²) in [7, 11) is 0. The molecule has 17 heavy (non-hydrogen) atoms. The minimum Gasteiger partial charge on any atom is -0.481 e. The van der Waals surface area contributed by atoms with E-state index in [0.717, 1.165) is 0 Å². The van der Waals surface area contributed by atoms with Crippen molar-refractivity contribution in [3.05, 3.63) is 0 Å². The standard InChI is InChI=1S/C11H16N2O4/c1-6(11(16)17)7-4-13(5-7)10(15)8-2-3-9(14)12-8/h6-8H,2-5H2,1H3,(H,12,14)(H,16,17)/t6?,8-/m0/s1. The van der Waals surface area contributed by atoms with Gasteiger partial charge in [-0.25, -0.2) is 0 Å². The minimum absolute atomic E-state index is 0.0357. The highest BCUT2D eigenvalue weighted by atomic mass is 16.4. The van der Waals surface area contributed by atoms with Crippen molar-refractivity contribution in [3.63, 3.8) is 0 Å². The zero-order valence-electron chi connectivity index (χ0n) is 9.68. The van der Waals surface area contributed by atoms with Crippen LogP contribution in [0.5, 0.6) is 0 Å².